The minimum Gasteiger partial charge on any atom is -0.377 e. The van der Waals surface area contributed by atoms with Crippen LogP contribution in [-0.2, 0) is 24.2 Å². The maximum absolute atomic E-state index is 11.6. The van der Waals surface area contributed by atoms with Crippen molar-refractivity contribution in [3.05, 3.63) is 76.5 Å². The first-order valence-electron chi connectivity index (χ1n) is 13.2. The summed E-state index contributed by atoms with van der Waals surface area (Å²) in [7, 11) is 0. The number of hydrogen-bond acceptors (Lipinski definition) is 8. The fraction of sp³-hybridized carbons (Fsp3) is 0.357. The highest BCUT2D eigenvalue weighted by Gasteiger charge is 2.30. The molecule has 38 heavy (non-hydrogen) atoms. The lowest BCUT2D eigenvalue weighted by atomic mass is 10.0. The molecule has 2 aliphatic heterocycles. The maximum atomic E-state index is 11.6. The molecule has 1 aromatic carbocycles. The number of benzene rings is 1. The SMILES string of the molecule is CCn1ccnc1N1CCc2c(nc(-c3ccc(Nc4cccc(=O)[nH]4)cc3)nc2N2CCOCC2C)C1. The van der Waals surface area contributed by atoms with Crippen molar-refractivity contribution in [2.75, 3.05) is 41.4 Å². The number of aromatic nitrogens is 5. The molecule has 1 unspecified atom stereocenters. The molecule has 1 saturated heterocycles. The van der Waals surface area contributed by atoms with Crippen LogP contribution < -0.4 is 20.7 Å². The lowest BCUT2D eigenvalue weighted by Gasteiger charge is -2.38. The first kappa shape index (κ1) is 24.2. The Kier molecular flexibility index (Phi) is 6.55. The Hall–Kier alpha value is -4.18. The van der Waals surface area contributed by atoms with E-state index in [0.29, 0.717) is 31.4 Å². The van der Waals surface area contributed by atoms with Crippen molar-refractivity contribution in [2.24, 2.45) is 0 Å². The van der Waals surface area contributed by atoms with Gasteiger partial charge in [-0.25, -0.2) is 15.0 Å². The van der Waals surface area contributed by atoms with Crippen molar-refractivity contribution in [1.82, 2.24) is 24.5 Å². The van der Waals surface area contributed by atoms with E-state index in [-0.39, 0.29) is 11.6 Å². The fourth-order valence-electron chi connectivity index (χ4n) is 5.20. The Balaban J connectivity index is 1.35. The molecule has 2 N–H and O–H groups in total. The van der Waals surface area contributed by atoms with Crippen LogP contribution in [0.3, 0.4) is 0 Å². The quantitative estimate of drug-likeness (QED) is 0.404. The number of nitrogens with one attached hydrogen (secondary N) is 2. The van der Waals surface area contributed by atoms with E-state index in [9.17, 15) is 4.79 Å². The normalized spacial score (nSPS) is 17.4. The van der Waals surface area contributed by atoms with Crippen LogP contribution in [0.25, 0.3) is 11.4 Å². The number of anilines is 4. The first-order chi connectivity index (χ1) is 18.6. The third-order valence-corrected chi connectivity index (χ3v) is 7.19. The smallest absolute Gasteiger partial charge is 0.249 e. The zero-order valence-corrected chi connectivity index (χ0v) is 21.7. The number of rotatable bonds is 6. The minimum atomic E-state index is -0.144. The van der Waals surface area contributed by atoms with Crippen LogP contribution in [-0.4, -0.2) is 56.8 Å². The van der Waals surface area contributed by atoms with E-state index in [2.05, 4.69) is 43.5 Å². The molecule has 3 aromatic heterocycles. The third-order valence-electron chi connectivity index (χ3n) is 7.19. The van der Waals surface area contributed by atoms with Gasteiger partial charge >= 0.3 is 0 Å². The molecule has 2 aliphatic rings. The summed E-state index contributed by atoms with van der Waals surface area (Å²) in [5.41, 5.74) is 3.93. The highest BCUT2D eigenvalue weighted by Crippen LogP contribution is 2.33. The van der Waals surface area contributed by atoms with Gasteiger partial charge < -0.3 is 29.4 Å². The highest BCUT2D eigenvalue weighted by molar-refractivity contribution is 5.66. The van der Waals surface area contributed by atoms with Gasteiger partial charge in [-0.1, -0.05) is 6.07 Å². The molecular formula is C28H32N8O2. The topological polar surface area (TPSA) is 104 Å². The van der Waals surface area contributed by atoms with Gasteiger partial charge in [-0.15, -0.1) is 0 Å². The summed E-state index contributed by atoms with van der Waals surface area (Å²) in [5.74, 6) is 3.35. The average Bonchev–Trinajstić information content (AvgIpc) is 3.42. The third kappa shape index (κ3) is 4.74. The molecule has 0 saturated carbocycles. The summed E-state index contributed by atoms with van der Waals surface area (Å²) >= 11 is 0. The van der Waals surface area contributed by atoms with Gasteiger partial charge in [0.05, 0.1) is 31.5 Å². The van der Waals surface area contributed by atoms with Gasteiger partial charge in [0.2, 0.25) is 11.5 Å². The molecule has 1 atom stereocenters. The van der Waals surface area contributed by atoms with Crippen LogP contribution >= 0.6 is 0 Å². The van der Waals surface area contributed by atoms with Crippen molar-refractivity contribution >= 4 is 23.3 Å². The Bertz CT molecular complexity index is 1480. The molecule has 10 heteroatoms. The van der Waals surface area contributed by atoms with Crippen LogP contribution in [0.2, 0.25) is 0 Å². The summed E-state index contributed by atoms with van der Waals surface area (Å²) in [5, 5.41) is 3.24. The number of ether oxygens (including phenoxy) is 1. The second kappa shape index (κ2) is 10.3. The molecule has 1 fully saturated rings. The molecule has 0 amide bonds. The van der Waals surface area contributed by atoms with E-state index in [4.69, 9.17) is 14.7 Å². The molecule has 0 bridgehead atoms. The first-order valence-corrected chi connectivity index (χ1v) is 13.2. The summed E-state index contributed by atoms with van der Waals surface area (Å²) in [6.07, 6.45) is 4.75. The number of aryl methyl sites for hydroxylation is 1. The number of aromatic amines is 1. The van der Waals surface area contributed by atoms with Crippen LogP contribution in [0.5, 0.6) is 0 Å². The molecule has 4 aromatic rings. The van der Waals surface area contributed by atoms with E-state index in [0.717, 1.165) is 54.8 Å². The minimum absolute atomic E-state index is 0.144. The Morgan fingerprint density at radius 2 is 2.00 bits per heavy atom. The molecular weight excluding hydrogens is 480 g/mol. The van der Waals surface area contributed by atoms with Gasteiger partial charge in [0, 0.05) is 54.9 Å². The van der Waals surface area contributed by atoms with Crippen molar-refractivity contribution in [1.29, 1.82) is 0 Å². The number of morpholine rings is 1. The number of pyridine rings is 1. The van der Waals surface area contributed by atoms with Gasteiger partial charge in [-0.05, 0) is 50.6 Å². The van der Waals surface area contributed by atoms with Gasteiger partial charge in [-0.2, -0.15) is 0 Å². The summed E-state index contributed by atoms with van der Waals surface area (Å²) in [6, 6.07) is 13.3. The highest BCUT2D eigenvalue weighted by atomic mass is 16.5. The molecule has 0 spiro atoms. The van der Waals surface area contributed by atoms with Gasteiger partial charge in [-0.3, -0.25) is 4.79 Å². The largest absolute Gasteiger partial charge is 0.377 e. The zero-order chi connectivity index (χ0) is 26.1. The van der Waals surface area contributed by atoms with Crippen molar-refractivity contribution < 1.29 is 4.74 Å². The Morgan fingerprint density at radius 3 is 2.79 bits per heavy atom. The number of nitrogens with zero attached hydrogens (tertiary/aromatic N) is 6. The van der Waals surface area contributed by atoms with Crippen molar-refractivity contribution in [2.45, 2.75) is 39.4 Å². The lowest BCUT2D eigenvalue weighted by Crippen LogP contribution is -2.45. The monoisotopic (exact) mass is 512 g/mol. The van der Waals surface area contributed by atoms with Crippen LogP contribution in [0.1, 0.15) is 25.1 Å². The van der Waals surface area contributed by atoms with E-state index in [1.54, 1.807) is 6.07 Å². The van der Waals surface area contributed by atoms with E-state index < -0.39 is 0 Å². The summed E-state index contributed by atoms with van der Waals surface area (Å²) in [4.78, 5) is 33.9. The van der Waals surface area contributed by atoms with Gasteiger partial charge in [0.25, 0.3) is 0 Å². The van der Waals surface area contributed by atoms with E-state index >= 15 is 0 Å². The molecule has 196 valence electrons. The fourth-order valence-corrected chi connectivity index (χ4v) is 5.20. The Labute approximate surface area is 221 Å². The van der Waals surface area contributed by atoms with Crippen LogP contribution in [0.15, 0.2) is 59.7 Å². The predicted octanol–water partition coefficient (Wildman–Crippen LogP) is 3.58. The van der Waals surface area contributed by atoms with E-state index in [1.807, 2.05) is 42.7 Å². The molecule has 0 aliphatic carbocycles. The zero-order valence-electron chi connectivity index (χ0n) is 21.7. The second-order valence-electron chi connectivity index (χ2n) is 9.73. The van der Waals surface area contributed by atoms with Crippen molar-refractivity contribution in [3.8, 4) is 11.4 Å². The predicted molar refractivity (Wildman–Crippen MR) is 148 cm³/mol. The molecule has 5 heterocycles. The van der Waals surface area contributed by atoms with Crippen molar-refractivity contribution in [3.63, 3.8) is 0 Å². The second-order valence-corrected chi connectivity index (χ2v) is 9.73. The summed E-state index contributed by atoms with van der Waals surface area (Å²) < 4.78 is 7.89. The van der Waals surface area contributed by atoms with Gasteiger partial charge in [0.1, 0.15) is 11.6 Å². The number of imidazole rings is 1. The number of H-pyrrole nitrogens is 1. The number of fused-ring (bicyclic) bond motifs is 1. The molecule has 0 radical (unpaired) electrons. The number of hydrogen-bond donors (Lipinski definition) is 2. The van der Waals surface area contributed by atoms with Crippen LogP contribution in [0, 0.1) is 0 Å². The maximum Gasteiger partial charge on any atom is 0.249 e. The van der Waals surface area contributed by atoms with Gasteiger partial charge in [0.15, 0.2) is 5.82 Å². The van der Waals surface area contributed by atoms with E-state index in [1.165, 1.54) is 11.6 Å². The Morgan fingerprint density at radius 1 is 1.13 bits per heavy atom. The lowest BCUT2D eigenvalue weighted by molar-refractivity contribution is 0.0984. The standard InChI is InChI=1S/C28H32N8O2/c1-3-34-14-12-29-28(34)35-13-11-22-23(17-35)31-26(33-27(22)36-15-16-38-18-19(36)2)20-7-9-21(10-8-20)30-24-5-4-6-25(37)32-24/h4-10,12,14,19H,3,11,13,15-18H2,1-2H3,(H2,30,32,37). The average molecular weight is 513 g/mol. The van der Waals surface area contributed by atoms with Crippen LogP contribution in [0.4, 0.5) is 23.3 Å². The summed E-state index contributed by atoms with van der Waals surface area (Å²) in [6.45, 7) is 8.96. The molecule has 6 rings (SSSR count). The molecule has 10 nitrogen and oxygen atoms in total.